The van der Waals surface area contributed by atoms with Crippen LogP contribution in [0.15, 0.2) is 0 Å². The van der Waals surface area contributed by atoms with Gasteiger partial charge in [0, 0.05) is 19.4 Å². The average molecular weight is 312 g/mol. The number of hydrogen-bond donors (Lipinski definition) is 1. The van der Waals surface area contributed by atoms with E-state index < -0.39 is 0 Å². The summed E-state index contributed by atoms with van der Waals surface area (Å²) in [6.07, 6.45) is 15.9. The molecule has 0 aliphatic rings. The molecular formula is C19H37NO2. The predicted molar refractivity (Wildman–Crippen MR) is 94.0 cm³/mol. The van der Waals surface area contributed by atoms with Crippen molar-refractivity contribution >= 4 is 11.7 Å². The van der Waals surface area contributed by atoms with Gasteiger partial charge in [0.2, 0.25) is 5.91 Å². The van der Waals surface area contributed by atoms with Gasteiger partial charge in [-0.2, -0.15) is 0 Å². The predicted octanol–water partition coefficient (Wildman–Crippen LogP) is 5.17. The summed E-state index contributed by atoms with van der Waals surface area (Å²) in [5, 5.41) is 2.97. The highest BCUT2D eigenvalue weighted by Gasteiger charge is 2.01. The molecule has 0 heterocycles. The van der Waals surface area contributed by atoms with Crippen LogP contribution in [0.3, 0.4) is 0 Å². The number of unbranched alkanes of at least 4 members (excludes halogenated alkanes) is 10. The van der Waals surface area contributed by atoms with Crippen molar-refractivity contribution in [3.63, 3.8) is 0 Å². The first kappa shape index (κ1) is 21.1. The molecule has 0 spiro atoms. The van der Waals surface area contributed by atoms with Crippen LogP contribution in [0.4, 0.5) is 0 Å². The second kappa shape index (κ2) is 16.5. The maximum absolute atomic E-state index is 11.6. The topological polar surface area (TPSA) is 46.2 Å². The second-order valence-electron chi connectivity index (χ2n) is 6.44. The lowest BCUT2D eigenvalue weighted by atomic mass is 10.1. The number of ketones is 1. The van der Waals surface area contributed by atoms with Gasteiger partial charge in [-0.1, -0.05) is 64.7 Å². The molecule has 0 rings (SSSR count). The standard InChI is InChI=1S/C19H37NO2/c1-3-4-5-6-7-8-9-10-13-16-19(22)20-17-14-11-12-15-18(2)21/h3-17H2,1-2H3,(H,20,22). The van der Waals surface area contributed by atoms with Gasteiger partial charge in [0.25, 0.3) is 0 Å². The number of carbonyl (C=O) groups is 2. The lowest BCUT2D eigenvalue weighted by molar-refractivity contribution is -0.121. The summed E-state index contributed by atoms with van der Waals surface area (Å²) >= 11 is 0. The van der Waals surface area contributed by atoms with Gasteiger partial charge in [-0.15, -0.1) is 0 Å². The highest BCUT2D eigenvalue weighted by Crippen LogP contribution is 2.10. The van der Waals surface area contributed by atoms with E-state index in [9.17, 15) is 9.59 Å². The van der Waals surface area contributed by atoms with E-state index in [1.54, 1.807) is 6.92 Å². The van der Waals surface area contributed by atoms with E-state index in [0.717, 1.165) is 32.2 Å². The van der Waals surface area contributed by atoms with Crippen LogP contribution in [0, 0.1) is 0 Å². The molecule has 0 saturated carbocycles. The quantitative estimate of drug-likeness (QED) is 0.400. The molecule has 0 aromatic carbocycles. The van der Waals surface area contributed by atoms with Crippen LogP contribution in [0.25, 0.3) is 0 Å². The third-order valence-electron chi connectivity index (χ3n) is 4.04. The van der Waals surface area contributed by atoms with Gasteiger partial charge in [0.05, 0.1) is 0 Å². The largest absolute Gasteiger partial charge is 0.356 e. The minimum atomic E-state index is 0.189. The van der Waals surface area contributed by atoms with Crippen LogP contribution >= 0.6 is 0 Å². The first-order chi connectivity index (χ1) is 10.7. The molecular weight excluding hydrogens is 274 g/mol. The van der Waals surface area contributed by atoms with Crippen molar-refractivity contribution in [3.05, 3.63) is 0 Å². The maximum atomic E-state index is 11.6. The summed E-state index contributed by atoms with van der Waals surface area (Å²) in [4.78, 5) is 22.4. The highest BCUT2D eigenvalue weighted by molar-refractivity contribution is 5.75. The van der Waals surface area contributed by atoms with E-state index in [1.807, 2.05) is 0 Å². The van der Waals surface area contributed by atoms with Gasteiger partial charge in [0.1, 0.15) is 5.78 Å². The molecule has 0 unspecified atom stereocenters. The van der Waals surface area contributed by atoms with Gasteiger partial charge in [-0.05, 0) is 26.2 Å². The third kappa shape index (κ3) is 17.2. The first-order valence-electron chi connectivity index (χ1n) is 9.43. The van der Waals surface area contributed by atoms with E-state index >= 15 is 0 Å². The van der Waals surface area contributed by atoms with Crippen LogP contribution in [-0.2, 0) is 9.59 Å². The number of rotatable bonds is 16. The van der Waals surface area contributed by atoms with E-state index in [1.165, 1.54) is 51.4 Å². The van der Waals surface area contributed by atoms with E-state index in [-0.39, 0.29) is 11.7 Å². The van der Waals surface area contributed by atoms with Crippen molar-refractivity contribution < 1.29 is 9.59 Å². The molecule has 0 saturated heterocycles. The molecule has 0 aliphatic heterocycles. The fraction of sp³-hybridized carbons (Fsp3) is 0.895. The molecule has 0 fully saturated rings. The van der Waals surface area contributed by atoms with Crippen molar-refractivity contribution in [1.82, 2.24) is 5.32 Å². The lowest BCUT2D eigenvalue weighted by Crippen LogP contribution is -2.23. The van der Waals surface area contributed by atoms with Crippen molar-refractivity contribution in [2.45, 2.75) is 104 Å². The van der Waals surface area contributed by atoms with Gasteiger partial charge in [-0.3, -0.25) is 4.79 Å². The van der Waals surface area contributed by atoms with Crippen LogP contribution in [0.1, 0.15) is 104 Å². The summed E-state index contributed by atoms with van der Waals surface area (Å²) < 4.78 is 0. The van der Waals surface area contributed by atoms with E-state index in [4.69, 9.17) is 0 Å². The lowest BCUT2D eigenvalue weighted by Gasteiger charge is -2.05. The molecule has 0 aromatic heterocycles. The molecule has 0 radical (unpaired) electrons. The van der Waals surface area contributed by atoms with Crippen molar-refractivity contribution in [3.8, 4) is 0 Å². The summed E-state index contributed by atoms with van der Waals surface area (Å²) in [6.45, 7) is 4.64. The van der Waals surface area contributed by atoms with Gasteiger partial charge in [-0.25, -0.2) is 0 Å². The monoisotopic (exact) mass is 311 g/mol. The maximum Gasteiger partial charge on any atom is 0.219 e. The number of hydrogen-bond acceptors (Lipinski definition) is 2. The summed E-state index contributed by atoms with van der Waals surface area (Å²) in [6, 6.07) is 0. The zero-order chi connectivity index (χ0) is 16.5. The molecule has 0 atom stereocenters. The fourth-order valence-electron chi connectivity index (χ4n) is 2.59. The van der Waals surface area contributed by atoms with E-state index in [0.29, 0.717) is 12.8 Å². The third-order valence-corrected chi connectivity index (χ3v) is 4.04. The number of nitrogens with one attached hydrogen (secondary N) is 1. The SMILES string of the molecule is CCCCCCCCCCCC(=O)NCCCCCC(C)=O. The minimum absolute atomic E-state index is 0.189. The summed E-state index contributed by atoms with van der Waals surface area (Å²) in [7, 11) is 0. The Morgan fingerprint density at radius 1 is 0.682 bits per heavy atom. The van der Waals surface area contributed by atoms with Crippen molar-refractivity contribution in [2.24, 2.45) is 0 Å². The Balaban J connectivity index is 3.17. The summed E-state index contributed by atoms with van der Waals surface area (Å²) in [5.41, 5.74) is 0. The molecule has 130 valence electrons. The molecule has 3 nitrogen and oxygen atoms in total. The smallest absolute Gasteiger partial charge is 0.219 e. The number of carbonyl (C=O) groups excluding carboxylic acids is 2. The number of amides is 1. The van der Waals surface area contributed by atoms with Crippen molar-refractivity contribution in [1.29, 1.82) is 0 Å². The molecule has 22 heavy (non-hydrogen) atoms. The van der Waals surface area contributed by atoms with Gasteiger partial charge < -0.3 is 10.1 Å². The van der Waals surface area contributed by atoms with E-state index in [2.05, 4.69) is 12.2 Å². The molecule has 1 amide bonds. The normalized spacial score (nSPS) is 10.6. The fourth-order valence-corrected chi connectivity index (χ4v) is 2.59. The molecule has 1 N–H and O–H groups in total. The Kier molecular flexibility index (Phi) is 15.9. The van der Waals surface area contributed by atoms with Crippen LogP contribution in [0.2, 0.25) is 0 Å². The Bertz CT molecular complexity index is 277. The zero-order valence-electron chi connectivity index (χ0n) is 14.9. The van der Waals surface area contributed by atoms with Crippen molar-refractivity contribution in [2.75, 3.05) is 6.54 Å². The van der Waals surface area contributed by atoms with Crippen LogP contribution in [-0.4, -0.2) is 18.2 Å². The van der Waals surface area contributed by atoms with Crippen LogP contribution < -0.4 is 5.32 Å². The minimum Gasteiger partial charge on any atom is -0.356 e. The molecule has 0 aromatic rings. The zero-order valence-corrected chi connectivity index (χ0v) is 14.9. The molecule has 0 aliphatic carbocycles. The highest BCUT2D eigenvalue weighted by atomic mass is 16.1. The molecule has 0 bridgehead atoms. The first-order valence-corrected chi connectivity index (χ1v) is 9.43. The van der Waals surface area contributed by atoms with Gasteiger partial charge in [0.15, 0.2) is 0 Å². The molecule has 3 heteroatoms. The Morgan fingerprint density at radius 3 is 1.77 bits per heavy atom. The summed E-state index contributed by atoms with van der Waals surface area (Å²) in [5.74, 6) is 0.448. The van der Waals surface area contributed by atoms with Crippen LogP contribution in [0.5, 0.6) is 0 Å². The average Bonchev–Trinajstić information content (AvgIpc) is 2.48. The second-order valence-corrected chi connectivity index (χ2v) is 6.44. The Hall–Kier alpha value is -0.860. The number of Topliss-reactive ketones (excluding diaryl/α,β-unsaturated/α-hetero) is 1. The Labute approximate surface area is 137 Å². The Morgan fingerprint density at radius 2 is 1.18 bits per heavy atom. The van der Waals surface area contributed by atoms with Gasteiger partial charge >= 0.3 is 0 Å².